The van der Waals surface area contributed by atoms with Gasteiger partial charge < -0.3 is 25.0 Å². The van der Waals surface area contributed by atoms with Crippen LogP contribution in [0.3, 0.4) is 0 Å². The number of benzene rings is 1. The molecular weight excluding hydrogens is 516 g/mol. The molecule has 0 aliphatic carbocycles. The number of rotatable bonds is 7. The van der Waals surface area contributed by atoms with Crippen molar-refractivity contribution in [3.05, 3.63) is 29.8 Å². The topological polar surface area (TPSA) is 75.2 Å². The van der Waals surface area contributed by atoms with E-state index in [-0.39, 0.29) is 29.7 Å². The van der Waals surface area contributed by atoms with Gasteiger partial charge in [-0.2, -0.15) is 13.2 Å². The molecule has 0 atom stereocenters. The van der Waals surface area contributed by atoms with Crippen LogP contribution in [0.4, 0.5) is 18.0 Å². The highest BCUT2D eigenvalue weighted by molar-refractivity contribution is 14.0. The van der Waals surface area contributed by atoms with Crippen molar-refractivity contribution in [1.82, 2.24) is 15.5 Å². The lowest BCUT2D eigenvalue weighted by Gasteiger charge is -2.24. The molecule has 1 aromatic carbocycles. The number of hydrogen-bond donors (Lipinski definition) is 2. The van der Waals surface area contributed by atoms with Gasteiger partial charge in [-0.1, -0.05) is 12.1 Å². The summed E-state index contributed by atoms with van der Waals surface area (Å²) in [5.74, 6) is 0.679. The molecule has 0 aromatic heterocycles. The first kappa shape index (κ1) is 28.1. The van der Waals surface area contributed by atoms with Crippen LogP contribution >= 0.6 is 24.0 Å². The van der Waals surface area contributed by atoms with Crippen molar-refractivity contribution < 1.29 is 27.4 Å². The normalized spacial score (nSPS) is 11.9. The molecule has 0 heterocycles. The summed E-state index contributed by atoms with van der Waals surface area (Å²) < 4.78 is 46.4. The highest BCUT2D eigenvalue weighted by Crippen LogP contribution is 2.18. The van der Waals surface area contributed by atoms with Gasteiger partial charge in [-0.3, -0.25) is 4.99 Å². The average Bonchev–Trinajstić information content (AvgIpc) is 2.61. The Morgan fingerprint density at radius 1 is 1.13 bits per heavy atom. The number of ether oxygens (including phenoxy) is 2. The predicted molar refractivity (Wildman–Crippen MR) is 120 cm³/mol. The van der Waals surface area contributed by atoms with E-state index < -0.39 is 24.5 Å². The second-order valence-electron chi connectivity index (χ2n) is 7.30. The van der Waals surface area contributed by atoms with Crippen molar-refractivity contribution >= 4 is 36.0 Å². The number of likely N-dealkylation sites (N-methyl/N-ethyl adjacent to an activating group) is 1. The zero-order chi connectivity index (χ0) is 22.1. The first-order chi connectivity index (χ1) is 13.4. The van der Waals surface area contributed by atoms with Gasteiger partial charge in [0.1, 0.15) is 11.4 Å². The minimum absolute atomic E-state index is 0. The van der Waals surface area contributed by atoms with Crippen molar-refractivity contribution in [2.24, 2.45) is 4.99 Å². The van der Waals surface area contributed by atoms with Crippen molar-refractivity contribution in [1.29, 1.82) is 0 Å². The fraction of sp³-hybridized carbons (Fsp3) is 0.579. The minimum Gasteiger partial charge on any atom is -0.484 e. The molecule has 0 saturated carbocycles. The number of nitrogens with zero attached hydrogens (tertiary/aromatic N) is 2. The van der Waals surface area contributed by atoms with Gasteiger partial charge in [-0.05, 0) is 38.5 Å². The fourth-order valence-electron chi connectivity index (χ4n) is 2.05. The lowest BCUT2D eigenvalue weighted by atomic mass is 10.2. The van der Waals surface area contributed by atoms with Gasteiger partial charge in [0.25, 0.3) is 0 Å². The molecule has 1 rings (SSSR count). The number of amides is 1. The summed E-state index contributed by atoms with van der Waals surface area (Å²) in [6.07, 6.45) is -4.77. The van der Waals surface area contributed by atoms with Crippen LogP contribution in [0.1, 0.15) is 26.3 Å². The fourth-order valence-corrected chi connectivity index (χ4v) is 2.05. The van der Waals surface area contributed by atoms with Gasteiger partial charge in [-0.25, -0.2) is 4.79 Å². The number of nitrogens with one attached hydrogen (secondary N) is 2. The molecule has 0 radical (unpaired) electrons. The smallest absolute Gasteiger partial charge is 0.422 e. The largest absolute Gasteiger partial charge is 0.484 e. The molecule has 0 saturated heterocycles. The number of carbonyl (C=O) groups excluding carboxylic acids is 1. The van der Waals surface area contributed by atoms with Crippen LogP contribution in [0.15, 0.2) is 29.3 Å². The van der Waals surface area contributed by atoms with Gasteiger partial charge in [0.15, 0.2) is 12.6 Å². The third-order valence-corrected chi connectivity index (χ3v) is 3.45. The molecule has 0 spiro atoms. The van der Waals surface area contributed by atoms with Gasteiger partial charge in [0.05, 0.1) is 0 Å². The molecule has 2 N–H and O–H groups in total. The Kier molecular flexibility index (Phi) is 11.9. The molecule has 0 fully saturated rings. The molecule has 0 aliphatic rings. The van der Waals surface area contributed by atoms with E-state index in [9.17, 15) is 18.0 Å². The zero-order valence-electron chi connectivity index (χ0n) is 17.8. The third kappa shape index (κ3) is 12.6. The summed E-state index contributed by atoms with van der Waals surface area (Å²) in [7, 11) is 3.26. The molecular formula is C19H30F3IN4O3. The summed E-state index contributed by atoms with van der Waals surface area (Å²) in [5.41, 5.74) is 0.294. The molecule has 1 amide bonds. The van der Waals surface area contributed by atoms with E-state index in [0.717, 1.165) is 5.56 Å². The van der Waals surface area contributed by atoms with Gasteiger partial charge in [0, 0.05) is 33.7 Å². The SMILES string of the molecule is CN=C(NCCN(C)C(=O)OC(C)(C)C)NCc1ccc(OCC(F)(F)F)cc1.I. The van der Waals surface area contributed by atoms with Crippen molar-refractivity contribution in [3.8, 4) is 5.75 Å². The Labute approximate surface area is 192 Å². The molecule has 0 unspecified atom stereocenters. The summed E-state index contributed by atoms with van der Waals surface area (Å²) in [4.78, 5) is 17.5. The highest BCUT2D eigenvalue weighted by atomic mass is 127. The first-order valence-corrected chi connectivity index (χ1v) is 9.07. The Balaban J connectivity index is 0.00000841. The summed E-state index contributed by atoms with van der Waals surface area (Å²) in [6.45, 7) is 5.38. The lowest BCUT2D eigenvalue weighted by molar-refractivity contribution is -0.153. The Morgan fingerprint density at radius 2 is 1.73 bits per heavy atom. The second kappa shape index (κ2) is 12.7. The monoisotopic (exact) mass is 546 g/mol. The molecule has 7 nitrogen and oxygen atoms in total. The standard InChI is InChI=1S/C19H29F3N4O3.HI/c1-18(2,3)29-17(27)26(5)11-10-24-16(23-4)25-12-14-6-8-15(9-7-14)28-13-19(20,21)22;/h6-9H,10-13H2,1-5H3,(H2,23,24,25);1H. The minimum atomic E-state index is -4.37. The lowest BCUT2D eigenvalue weighted by Crippen LogP contribution is -2.42. The van der Waals surface area contributed by atoms with Crippen LogP contribution in [0, 0.1) is 0 Å². The number of hydrogen-bond acceptors (Lipinski definition) is 4. The first-order valence-electron chi connectivity index (χ1n) is 9.07. The van der Waals surface area contributed by atoms with E-state index in [2.05, 4.69) is 20.4 Å². The number of halogens is 4. The van der Waals surface area contributed by atoms with Crippen LogP contribution in [0.5, 0.6) is 5.75 Å². The zero-order valence-corrected chi connectivity index (χ0v) is 20.1. The van der Waals surface area contributed by atoms with E-state index in [1.54, 1.807) is 47.0 Å². The summed E-state index contributed by atoms with van der Waals surface area (Å²) >= 11 is 0. The highest BCUT2D eigenvalue weighted by Gasteiger charge is 2.28. The maximum atomic E-state index is 12.2. The third-order valence-electron chi connectivity index (χ3n) is 3.45. The van der Waals surface area contributed by atoms with E-state index >= 15 is 0 Å². The predicted octanol–water partition coefficient (Wildman–Crippen LogP) is 3.78. The van der Waals surface area contributed by atoms with Crippen LogP contribution in [-0.4, -0.2) is 62.5 Å². The van der Waals surface area contributed by atoms with Crippen molar-refractivity contribution in [3.63, 3.8) is 0 Å². The van der Waals surface area contributed by atoms with Crippen molar-refractivity contribution in [2.45, 2.75) is 39.1 Å². The molecule has 1 aromatic rings. The summed E-state index contributed by atoms with van der Waals surface area (Å²) in [6, 6.07) is 6.30. The van der Waals surface area contributed by atoms with Crippen LogP contribution < -0.4 is 15.4 Å². The van der Waals surface area contributed by atoms with E-state index in [4.69, 9.17) is 4.74 Å². The quantitative estimate of drug-likeness (QED) is 0.310. The van der Waals surface area contributed by atoms with Crippen LogP contribution in [0.25, 0.3) is 0 Å². The van der Waals surface area contributed by atoms with Gasteiger partial charge in [0.2, 0.25) is 0 Å². The number of alkyl halides is 3. The molecule has 0 bridgehead atoms. The second-order valence-corrected chi connectivity index (χ2v) is 7.30. The van der Waals surface area contributed by atoms with E-state index in [1.165, 1.54) is 17.0 Å². The number of carbonyl (C=O) groups is 1. The molecule has 172 valence electrons. The van der Waals surface area contributed by atoms with Gasteiger partial charge in [-0.15, -0.1) is 24.0 Å². The molecule has 11 heteroatoms. The Bertz CT molecular complexity index is 677. The molecule has 30 heavy (non-hydrogen) atoms. The van der Waals surface area contributed by atoms with Crippen molar-refractivity contribution in [2.75, 3.05) is 33.8 Å². The van der Waals surface area contributed by atoms with E-state index in [1.807, 2.05) is 0 Å². The Hall–Kier alpha value is -1.92. The average molecular weight is 546 g/mol. The van der Waals surface area contributed by atoms with Gasteiger partial charge >= 0.3 is 12.3 Å². The van der Waals surface area contributed by atoms with Crippen LogP contribution in [-0.2, 0) is 11.3 Å². The maximum Gasteiger partial charge on any atom is 0.422 e. The van der Waals surface area contributed by atoms with Crippen LogP contribution in [0.2, 0.25) is 0 Å². The summed E-state index contributed by atoms with van der Waals surface area (Å²) in [5, 5.41) is 6.16. The Morgan fingerprint density at radius 3 is 2.23 bits per heavy atom. The number of aliphatic imine (C=N–C) groups is 1. The maximum absolute atomic E-state index is 12.2. The molecule has 0 aliphatic heterocycles. The number of guanidine groups is 1. The van der Waals surface area contributed by atoms with E-state index in [0.29, 0.717) is 25.6 Å².